The third-order valence-corrected chi connectivity index (χ3v) is 7.26. The summed E-state index contributed by atoms with van der Waals surface area (Å²) in [6, 6.07) is 0. The molecule has 0 heterocycles. The van der Waals surface area contributed by atoms with E-state index in [2.05, 4.69) is 68.6 Å². The summed E-state index contributed by atoms with van der Waals surface area (Å²) < 4.78 is 12.6. The summed E-state index contributed by atoms with van der Waals surface area (Å²) in [5, 5.41) is 1.16. The molecule has 0 fully saturated rings. The molecule has 0 aliphatic carbocycles. The van der Waals surface area contributed by atoms with Gasteiger partial charge in [-0.25, -0.2) is 0 Å². The van der Waals surface area contributed by atoms with Crippen LogP contribution in [0.2, 0.25) is 13.1 Å². The van der Waals surface area contributed by atoms with E-state index in [1.54, 1.807) is 0 Å². The van der Waals surface area contributed by atoms with Gasteiger partial charge in [0, 0.05) is 11.8 Å². The number of hydrogen-bond donors (Lipinski definition) is 0. The van der Waals surface area contributed by atoms with Gasteiger partial charge < -0.3 is 8.85 Å². The van der Waals surface area contributed by atoms with E-state index < -0.39 is 8.56 Å². The van der Waals surface area contributed by atoms with Crippen LogP contribution in [-0.2, 0) is 8.85 Å². The summed E-state index contributed by atoms with van der Waals surface area (Å²) in [7, 11) is -2.16. The van der Waals surface area contributed by atoms with E-state index in [0.717, 1.165) is 24.6 Å². The van der Waals surface area contributed by atoms with Crippen molar-refractivity contribution >= 4 is 24.5 Å². The van der Waals surface area contributed by atoms with Crippen molar-refractivity contribution < 1.29 is 8.85 Å². The van der Waals surface area contributed by atoms with Crippen LogP contribution in [0.3, 0.4) is 0 Å². The quantitative estimate of drug-likeness (QED) is 0.0880. The molecule has 29 heavy (non-hydrogen) atoms. The van der Waals surface area contributed by atoms with Gasteiger partial charge in [0.15, 0.2) is 0 Å². The summed E-state index contributed by atoms with van der Waals surface area (Å²) in [5.41, 5.74) is -0.161. The number of hydrogen-bond acceptors (Lipinski definition) is 2. The first-order chi connectivity index (χ1) is 13.7. The Balaban J connectivity index is 4.01. The molecular formula is C25H49BrO2Si. The molecule has 0 saturated heterocycles. The normalized spacial score (nSPS) is 13.2. The third-order valence-electron chi connectivity index (χ3n) is 4.75. The molecule has 0 aliphatic heterocycles. The van der Waals surface area contributed by atoms with Crippen LogP contribution in [-0.4, -0.2) is 25.6 Å². The molecule has 0 amide bonds. The minimum absolute atomic E-state index is 0.0310. The van der Waals surface area contributed by atoms with Gasteiger partial charge in [-0.1, -0.05) is 93.0 Å². The van der Waals surface area contributed by atoms with Gasteiger partial charge in [-0.15, -0.1) is 5.92 Å². The monoisotopic (exact) mass is 488 g/mol. The number of alkyl halides is 1. The fraction of sp³-hybridized carbons (Fsp3) is 0.920. The Kier molecular flexibility index (Phi) is 17.9. The smallest absolute Gasteiger partial charge is 0.333 e. The highest BCUT2D eigenvalue weighted by molar-refractivity contribution is 9.09. The summed E-state index contributed by atoms with van der Waals surface area (Å²) >= 11 is 3.50. The molecule has 0 saturated carbocycles. The number of unbranched alkanes of at least 4 members (excludes halogenated alkanes) is 11. The van der Waals surface area contributed by atoms with E-state index in [-0.39, 0.29) is 11.7 Å². The third kappa shape index (κ3) is 21.2. The Morgan fingerprint density at radius 1 is 0.828 bits per heavy atom. The van der Waals surface area contributed by atoms with Crippen LogP contribution >= 0.6 is 15.9 Å². The van der Waals surface area contributed by atoms with Crippen molar-refractivity contribution in [2.45, 2.75) is 142 Å². The SMILES string of the molecule is CCCC[C@H](C#CCCCCCCCCCCCCBr)O[Si](C)(C)OC(C)(C)C. The van der Waals surface area contributed by atoms with Crippen LogP contribution in [0.5, 0.6) is 0 Å². The Hall–Kier alpha value is 0.177. The average molecular weight is 490 g/mol. The van der Waals surface area contributed by atoms with Crippen molar-refractivity contribution in [2.75, 3.05) is 5.33 Å². The van der Waals surface area contributed by atoms with Gasteiger partial charge in [0.05, 0.1) is 5.60 Å². The first kappa shape index (κ1) is 29.2. The summed E-state index contributed by atoms with van der Waals surface area (Å²) in [6.45, 7) is 12.8. The van der Waals surface area contributed by atoms with Gasteiger partial charge in [-0.05, 0) is 53.1 Å². The molecule has 172 valence electrons. The maximum absolute atomic E-state index is 6.36. The number of halogens is 1. The van der Waals surface area contributed by atoms with Crippen LogP contribution in [0.4, 0.5) is 0 Å². The van der Waals surface area contributed by atoms with Gasteiger partial charge in [-0.2, -0.15) is 0 Å². The second-order valence-electron chi connectivity index (χ2n) is 9.66. The Bertz CT molecular complexity index is 434. The standard InChI is InChI=1S/C25H49BrO2Si/c1-7-8-21-24(27-29(5,6)28-25(2,3)4)22-19-17-15-13-11-9-10-12-14-16-18-20-23-26/h24H,7-18,20-21,23H2,1-6H3/t24-/m1/s1. The van der Waals surface area contributed by atoms with Crippen LogP contribution in [0, 0.1) is 11.8 Å². The topological polar surface area (TPSA) is 18.5 Å². The second kappa shape index (κ2) is 17.8. The highest BCUT2D eigenvalue weighted by Crippen LogP contribution is 2.21. The highest BCUT2D eigenvalue weighted by Gasteiger charge is 2.32. The zero-order chi connectivity index (χ0) is 22.0. The van der Waals surface area contributed by atoms with Crippen LogP contribution in [0.1, 0.15) is 118 Å². The predicted octanol–water partition coefficient (Wildman–Crippen LogP) is 8.77. The lowest BCUT2D eigenvalue weighted by molar-refractivity contribution is 0.0573. The minimum Gasteiger partial charge on any atom is -0.390 e. The summed E-state index contributed by atoms with van der Waals surface area (Å²) in [5.74, 6) is 6.81. The van der Waals surface area contributed by atoms with Crippen molar-refractivity contribution in [1.29, 1.82) is 0 Å². The molecule has 4 heteroatoms. The highest BCUT2D eigenvalue weighted by atomic mass is 79.9. The molecule has 0 aromatic carbocycles. The van der Waals surface area contributed by atoms with Gasteiger partial charge in [0.2, 0.25) is 0 Å². The zero-order valence-electron chi connectivity index (χ0n) is 20.4. The van der Waals surface area contributed by atoms with Crippen molar-refractivity contribution in [3.8, 4) is 11.8 Å². The molecule has 0 aliphatic rings. The van der Waals surface area contributed by atoms with Crippen molar-refractivity contribution in [1.82, 2.24) is 0 Å². The molecule has 0 unspecified atom stereocenters. The van der Waals surface area contributed by atoms with Crippen LogP contribution < -0.4 is 0 Å². The molecule has 0 aromatic heterocycles. The molecule has 0 radical (unpaired) electrons. The second-order valence-corrected chi connectivity index (χ2v) is 13.7. The lowest BCUT2D eigenvalue weighted by Gasteiger charge is -2.33. The zero-order valence-corrected chi connectivity index (χ0v) is 23.0. The molecule has 0 bridgehead atoms. The lowest BCUT2D eigenvalue weighted by Crippen LogP contribution is -2.44. The fourth-order valence-electron chi connectivity index (χ4n) is 3.56. The molecular weight excluding hydrogens is 440 g/mol. The molecule has 0 spiro atoms. The maximum Gasteiger partial charge on any atom is 0.333 e. The molecule has 1 atom stereocenters. The number of rotatable bonds is 17. The Morgan fingerprint density at radius 2 is 1.34 bits per heavy atom. The Morgan fingerprint density at radius 3 is 1.83 bits per heavy atom. The fourth-order valence-corrected chi connectivity index (χ4v) is 6.34. The van der Waals surface area contributed by atoms with Crippen LogP contribution in [0.15, 0.2) is 0 Å². The molecule has 0 rings (SSSR count). The van der Waals surface area contributed by atoms with E-state index in [1.807, 2.05) is 0 Å². The maximum atomic E-state index is 6.36. The van der Waals surface area contributed by atoms with Crippen LogP contribution in [0.25, 0.3) is 0 Å². The van der Waals surface area contributed by atoms with Gasteiger partial charge >= 0.3 is 8.56 Å². The molecule has 0 N–H and O–H groups in total. The van der Waals surface area contributed by atoms with Crippen molar-refractivity contribution in [3.05, 3.63) is 0 Å². The lowest BCUT2D eigenvalue weighted by atomic mass is 10.1. The largest absolute Gasteiger partial charge is 0.390 e. The summed E-state index contributed by atoms with van der Waals surface area (Å²) in [4.78, 5) is 0. The first-order valence-corrected chi connectivity index (χ1v) is 16.1. The summed E-state index contributed by atoms with van der Waals surface area (Å²) in [6.07, 6.45) is 18.0. The molecule has 2 nitrogen and oxygen atoms in total. The van der Waals surface area contributed by atoms with Gasteiger partial charge in [-0.3, -0.25) is 0 Å². The van der Waals surface area contributed by atoms with E-state index >= 15 is 0 Å². The average Bonchev–Trinajstić information content (AvgIpc) is 2.61. The van der Waals surface area contributed by atoms with Gasteiger partial charge in [0.25, 0.3) is 0 Å². The first-order valence-electron chi connectivity index (χ1n) is 12.1. The predicted molar refractivity (Wildman–Crippen MR) is 135 cm³/mol. The van der Waals surface area contributed by atoms with E-state index in [1.165, 1.54) is 70.6 Å². The molecule has 0 aromatic rings. The minimum atomic E-state index is -2.16. The van der Waals surface area contributed by atoms with E-state index in [0.29, 0.717) is 0 Å². The Labute approximate surface area is 192 Å². The van der Waals surface area contributed by atoms with Gasteiger partial charge in [0.1, 0.15) is 6.10 Å². The van der Waals surface area contributed by atoms with Crippen molar-refractivity contribution in [2.24, 2.45) is 0 Å². The van der Waals surface area contributed by atoms with E-state index in [9.17, 15) is 0 Å². The van der Waals surface area contributed by atoms with Crippen molar-refractivity contribution in [3.63, 3.8) is 0 Å². The van der Waals surface area contributed by atoms with E-state index in [4.69, 9.17) is 8.85 Å².